The topological polar surface area (TPSA) is 87.7 Å². The van der Waals surface area contributed by atoms with Crippen LogP contribution in [0.2, 0.25) is 0 Å². The zero-order valence-corrected chi connectivity index (χ0v) is 14.5. The summed E-state index contributed by atoms with van der Waals surface area (Å²) in [6.45, 7) is 0. The maximum atomic E-state index is 13.5. The second-order valence-electron chi connectivity index (χ2n) is 5.95. The molecule has 7 heteroatoms. The van der Waals surface area contributed by atoms with Gasteiger partial charge in [0.05, 0.1) is 5.69 Å². The summed E-state index contributed by atoms with van der Waals surface area (Å²) < 4.78 is 19.3. The highest BCUT2D eigenvalue weighted by Gasteiger charge is 2.14. The zero-order chi connectivity index (χ0) is 19.5. The highest BCUT2D eigenvalue weighted by molar-refractivity contribution is 6.05. The molecule has 0 saturated heterocycles. The van der Waals surface area contributed by atoms with E-state index in [0.717, 1.165) is 0 Å². The van der Waals surface area contributed by atoms with Crippen molar-refractivity contribution in [3.63, 3.8) is 0 Å². The molecule has 4 aromatic rings. The van der Waals surface area contributed by atoms with Crippen LogP contribution in [0.1, 0.15) is 10.4 Å². The van der Waals surface area contributed by atoms with Gasteiger partial charge in [0.15, 0.2) is 0 Å². The van der Waals surface area contributed by atoms with E-state index in [-0.39, 0.29) is 22.6 Å². The van der Waals surface area contributed by atoms with E-state index < -0.39 is 11.7 Å². The first kappa shape index (κ1) is 17.4. The molecule has 138 valence electrons. The number of carbonyl (C=O) groups excluding carboxylic acids is 1. The molecular weight excluding hydrogens is 361 g/mol. The molecule has 0 saturated carbocycles. The first-order valence-electron chi connectivity index (χ1n) is 8.38. The number of phenolic OH excluding ortho intramolecular Hbond substituents is 1. The molecular formula is C21H14FN3O3. The van der Waals surface area contributed by atoms with Crippen molar-refractivity contribution in [2.75, 3.05) is 5.32 Å². The van der Waals surface area contributed by atoms with Gasteiger partial charge in [0, 0.05) is 17.6 Å². The summed E-state index contributed by atoms with van der Waals surface area (Å²) in [5.74, 6) is -0.555. The Kier molecular flexibility index (Phi) is 4.55. The lowest BCUT2D eigenvalue weighted by Crippen LogP contribution is -2.22. The van der Waals surface area contributed by atoms with E-state index >= 15 is 0 Å². The van der Waals surface area contributed by atoms with Gasteiger partial charge in [-0.15, -0.1) is 0 Å². The number of halogens is 1. The molecule has 0 aliphatic heterocycles. The summed E-state index contributed by atoms with van der Waals surface area (Å²) in [5, 5.41) is 13.0. The van der Waals surface area contributed by atoms with Gasteiger partial charge < -0.3 is 14.8 Å². The van der Waals surface area contributed by atoms with Gasteiger partial charge in [-0.2, -0.15) is 0 Å². The molecule has 0 aliphatic rings. The van der Waals surface area contributed by atoms with E-state index in [0.29, 0.717) is 16.8 Å². The molecule has 0 fully saturated rings. The molecule has 0 spiro atoms. The van der Waals surface area contributed by atoms with Crippen LogP contribution in [0.25, 0.3) is 11.0 Å². The fourth-order valence-corrected chi connectivity index (χ4v) is 2.64. The Bertz CT molecular complexity index is 1240. The van der Waals surface area contributed by atoms with Gasteiger partial charge in [0.2, 0.25) is 5.55 Å². The number of benzene rings is 2. The Balaban J connectivity index is 1.87. The molecule has 1 amide bonds. The summed E-state index contributed by atoms with van der Waals surface area (Å²) in [6, 6.07) is 16.9. The monoisotopic (exact) mass is 375 g/mol. The largest absolute Gasteiger partial charge is 0.508 e. The summed E-state index contributed by atoms with van der Waals surface area (Å²) >= 11 is 0. The molecule has 28 heavy (non-hydrogen) atoms. The highest BCUT2D eigenvalue weighted by atomic mass is 19.1. The van der Waals surface area contributed by atoms with Gasteiger partial charge >= 0.3 is 0 Å². The van der Waals surface area contributed by atoms with Crippen molar-refractivity contribution in [2.24, 2.45) is 4.99 Å². The molecule has 2 aromatic carbocycles. The van der Waals surface area contributed by atoms with E-state index in [1.165, 1.54) is 30.3 Å². The molecule has 0 bridgehead atoms. The average Bonchev–Trinajstić information content (AvgIpc) is 2.68. The third kappa shape index (κ3) is 3.73. The number of pyridine rings is 1. The third-order valence-electron chi connectivity index (χ3n) is 3.92. The number of amides is 1. The lowest BCUT2D eigenvalue weighted by atomic mass is 10.1. The quantitative estimate of drug-likeness (QED) is 0.563. The van der Waals surface area contributed by atoms with E-state index in [9.17, 15) is 14.3 Å². The lowest BCUT2D eigenvalue weighted by molar-refractivity contribution is 0.102. The zero-order valence-electron chi connectivity index (χ0n) is 14.5. The first-order valence-corrected chi connectivity index (χ1v) is 8.38. The first-order chi connectivity index (χ1) is 13.6. The number of anilines is 1. The maximum absolute atomic E-state index is 13.5. The van der Waals surface area contributed by atoms with Crippen LogP contribution in [0, 0.1) is 5.82 Å². The fourth-order valence-electron chi connectivity index (χ4n) is 2.64. The standard InChI is InChI=1S/C21H14FN3O3/c22-14-4-3-5-15(11-14)24-21-17(20(27)25-19-6-1-2-9-23-19)10-13-7-8-16(26)12-18(13)28-21/h1-12,26H,(H,23,25,27). The number of hydrogen-bond donors (Lipinski definition) is 2. The molecule has 6 nitrogen and oxygen atoms in total. The molecule has 0 aliphatic carbocycles. The normalized spacial score (nSPS) is 11.5. The number of nitrogens with zero attached hydrogens (tertiary/aromatic N) is 2. The van der Waals surface area contributed by atoms with Crippen molar-refractivity contribution in [3.8, 4) is 5.75 Å². The SMILES string of the molecule is O=C(Nc1ccccn1)c1cc2ccc(O)cc2oc1=Nc1cccc(F)c1. The Hall–Kier alpha value is -4.00. The van der Waals surface area contributed by atoms with Crippen LogP contribution in [-0.2, 0) is 0 Å². The van der Waals surface area contributed by atoms with Gasteiger partial charge in [-0.1, -0.05) is 12.1 Å². The van der Waals surface area contributed by atoms with E-state index in [4.69, 9.17) is 4.42 Å². The summed E-state index contributed by atoms with van der Waals surface area (Å²) in [4.78, 5) is 21.2. The second-order valence-corrected chi connectivity index (χ2v) is 5.95. The Morgan fingerprint density at radius 3 is 2.75 bits per heavy atom. The highest BCUT2D eigenvalue weighted by Crippen LogP contribution is 2.20. The smallest absolute Gasteiger partial charge is 0.262 e. The van der Waals surface area contributed by atoms with Crippen LogP contribution in [0.3, 0.4) is 0 Å². The lowest BCUT2D eigenvalue weighted by Gasteiger charge is -2.06. The Labute approximate surface area is 158 Å². The second kappa shape index (κ2) is 7.32. The number of fused-ring (bicyclic) bond motifs is 1. The van der Waals surface area contributed by atoms with Crippen molar-refractivity contribution >= 4 is 28.4 Å². The minimum Gasteiger partial charge on any atom is -0.508 e. The predicted molar refractivity (Wildman–Crippen MR) is 102 cm³/mol. The van der Waals surface area contributed by atoms with Gasteiger partial charge in [-0.05, 0) is 48.5 Å². The predicted octanol–water partition coefficient (Wildman–Crippen LogP) is 4.16. The Morgan fingerprint density at radius 2 is 1.96 bits per heavy atom. The Morgan fingerprint density at radius 1 is 1.07 bits per heavy atom. The summed E-state index contributed by atoms with van der Waals surface area (Å²) in [5.41, 5.74) is 0.755. The van der Waals surface area contributed by atoms with Crippen molar-refractivity contribution in [2.45, 2.75) is 0 Å². The molecule has 0 radical (unpaired) electrons. The van der Waals surface area contributed by atoms with Crippen LogP contribution in [0.15, 0.2) is 82.3 Å². The van der Waals surface area contributed by atoms with Crippen molar-refractivity contribution in [1.82, 2.24) is 4.98 Å². The van der Waals surface area contributed by atoms with E-state index in [1.54, 1.807) is 42.6 Å². The molecule has 2 aromatic heterocycles. The molecule has 0 atom stereocenters. The third-order valence-corrected chi connectivity index (χ3v) is 3.92. The number of aromatic nitrogens is 1. The van der Waals surface area contributed by atoms with Crippen molar-refractivity contribution in [3.05, 3.63) is 89.9 Å². The van der Waals surface area contributed by atoms with Gasteiger partial charge in [-0.25, -0.2) is 14.4 Å². The molecule has 2 heterocycles. The number of rotatable bonds is 3. The van der Waals surface area contributed by atoms with Gasteiger partial charge in [-0.3, -0.25) is 4.79 Å². The van der Waals surface area contributed by atoms with Crippen LogP contribution >= 0.6 is 0 Å². The number of nitrogens with one attached hydrogen (secondary N) is 1. The van der Waals surface area contributed by atoms with E-state index in [1.807, 2.05) is 0 Å². The molecule has 0 unspecified atom stereocenters. The minimum atomic E-state index is -0.479. The molecule has 4 rings (SSSR count). The number of aromatic hydroxyl groups is 1. The fraction of sp³-hybridized carbons (Fsp3) is 0. The summed E-state index contributed by atoms with van der Waals surface area (Å²) in [6.07, 6.45) is 1.56. The maximum Gasteiger partial charge on any atom is 0.262 e. The van der Waals surface area contributed by atoms with Gasteiger partial charge in [0.25, 0.3) is 5.91 Å². The van der Waals surface area contributed by atoms with Crippen molar-refractivity contribution < 1.29 is 18.7 Å². The van der Waals surface area contributed by atoms with Gasteiger partial charge in [0.1, 0.15) is 28.5 Å². The van der Waals surface area contributed by atoms with Crippen molar-refractivity contribution in [1.29, 1.82) is 0 Å². The minimum absolute atomic E-state index is 0.0126. The van der Waals surface area contributed by atoms with Crippen LogP contribution in [-0.4, -0.2) is 16.0 Å². The summed E-state index contributed by atoms with van der Waals surface area (Å²) in [7, 11) is 0. The number of hydrogen-bond acceptors (Lipinski definition) is 5. The van der Waals surface area contributed by atoms with Crippen LogP contribution in [0.5, 0.6) is 5.75 Å². The van der Waals surface area contributed by atoms with E-state index in [2.05, 4.69) is 15.3 Å². The number of carbonyl (C=O) groups is 1. The molecule has 2 N–H and O–H groups in total. The van der Waals surface area contributed by atoms with Crippen LogP contribution in [0.4, 0.5) is 15.9 Å². The number of phenols is 1. The van der Waals surface area contributed by atoms with Crippen LogP contribution < -0.4 is 10.9 Å². The average molecular weight is 375 g/mol.